The zero-order valence-corrected chi connectivity index (χ0v) is 13.9. The highest BCUT2D eigenvalue weighted by molar-refractivity contribution is 5.95. The Labute approximate surface area is 136 Å². The van der Waals surface area contributed by atoms with Crippen LogP contribution >= 0.6 is 0 Å². The van der Waals surface area contributed by atoms with Crippen molar-refractivity contribution in [2.75, 3.05) is 19.8 Å². The van der Waals surface area contributed by atoms with E-state index in [1.54, 1.807) is 0 Å². The molecule has 0 aliphatic heterocycles. The van der Waals surface area contributed by atoms with Gasteiger partial charge in [0.15, 0.2) is 0 Å². The maximum Gasteiger partial charge on any atom is 0.329 e. The number of aryl methyl sites for hydroxylation is 1. The van der Waals surface area contributed by atoms with Crippen molar-refractivity contribution in [3.63, 3.8) is 0 Å². The maximum absolute atomic E-state index is 12.3. The number of hydrogen-bond donors (Lipinski definition) is 2. The minimum atomic E-state index is -1.01. The molecule has 0 atom stereocenters. The van der Waals surface area contributed by atoms with E-state index in [0.717, 1.165) is 11.4 Å². The molecule has 0 spiro atoms. The molecule has 6 nitrogen and oxygen atoms in total. The van der Waals surface area contributed by atoms with E-state index < -0.39 is 5.97 Å². The first-order valence-electron chi connectivity index (χ1n) is 8.27. The zero-order valence-electron chi connectivity index (χ0n) is 13.9. The first-order chi connectivity index (χ1) is 11.0. The molecule has 0 saturated heterocycles. The van der Waals surface area contributed by atoms with Crippen molar-refractivity contribution in [1.29, 1.82) is 0 Å². The number of ether oxygens (including phenoxy) is 1. The zero-order chi connectivity index (χ0) is 16.8. The van der Waals surface area contributed by atoms with Crippen molar-refractivity contribution < 1.29 is 19.4 Å². The Bertz CT molecular complexity index is 559. The predicted molar refractivity (Wildman–Crippen MR) is 86.8 cm³/mol. The normalized spacial score (nSPS) is 15.6. The van der Waals surface area contributed by atoms with E-state index in [-0.39, 0.29) is 19.1 Å². The highest BCUT2D eigenvalue weighted by atomic mass is 16.5. The Morgan fingerprint density at radius 2 is 2.00 bits per heavy atom. The van der Waals surface area contributed by atoms with Crippen LogP contribution in [0.3, 0.4) is 0 Å². The van der Waals surface area contributed by atoms with Crippen LogP contribution < -0.4 is 5.32 Å². The van der Waals surface area contributed by atoms with Gasteiger partial charge in [-0.25, -0.2) is 4.79 Å². The average molecular weight is 322 g/mol. The molecule has 0 bridgehead atoms. The minimum absolute atomic E-state index is 0.126. The summed E-state index contributed by atoms with van der Waals surface area (Å²) in [6.07, 6.45) is 6.18. The third kappa shape index (κ3) is 4.58. The smallest absolute Gasteiger partial charge is 0.329 e. The standard InChI is InChI=1S/C17H26N2O4/c1-12-10-15(17(22)18-8-9-23-11-16(20)21)13(2)19(12)14-6-4-3-5-7-14/h10,14H,3-9,11H2,1-2H3,(H,18,22)(H,20,21). The number of carbonyl (C=O) groups is 2. The molecule has 2 rings (SSSR count). The molecule has 128 valence electrons. The van der Waals surface area contributed by atoms with E-state index >= 15 is 0 Å². The molecule has 0 radical (unpaired) electrons. The van der Waals surface area contributed by atoms with Crippen LogP contribution in [0.2, 0.25) is 0 Å². The van der Waals surface area contributed by atoms with Crippen molar-refractivity contribution in [2.24, 2.45) is 0 Å². The number of aromatic nitrogens is 1. The molecule has 2 N–H and O–H groups in total. The Hall–Kier alpha value is -1.82. The highest BCUT2D eigenvalue weighted by Gasteiger charge is 2.22. The number of nitrogens with zero attached hydrogens (tertiary/aromatic N) is 1. The van der Waals surface area contributed by atoms with Crippen molar-refractivity contribution >= 4 is 11.9 Å². The van der Waals surface area contributed by atoms with Gasteiger partial charge in [-0.3, -0.25) is 4.79 Å². The second-order valence-corrected chi connectivity index (χ2v) is 6.15. The summed E-state index contributed by atoms with van der Waals surface area (Å²) in [4.78, 5) is 22.7. The summed E-state index contributed by atoms with van der Waals surface area (Å²) in [5, 5.41) is 11.3. The lowest BCUT2D eigenvalue weighted by Crippen LogP contribution is -2.28. The summed E-state index contributed by atoms with van der Waals surface area (Å²) in [5.41, 5.74) is 2.84. The van der Waals surface area contributed by atoms with E-state index in [1.165, 1.54) is 32.1 Å². The van der Waals surface area contributed by atoms with Gasteiger partial charge in [0.1, 0.15) is 6.61 Å². The molecule has 1 heterocycles. The third-order valence-electron chi connectivity index (χ3n) is 4.43. The molecule has 1 saturated carbocycles. The molecule has 6 heteroatoms. The molecule has 1 fully saturated rings. The summed E-state index contributed by atoms with van der Waals surface area (Å²) >= 11 is 0. The number of amides is 1. The number of carboxylic acids is 1. The first-order valence-corrected chi connectivity index (χ1v) is 8.27. The van der Waals surface area contributed by atoms with Crippen LogP contribution in [-0.2, 0) is 9.53 Å². The Morgan fingerprint density at radius 3 is 2.65 bits per heavy atom. The first kappa shape index (κ1) is 17.5. The lowest BCUT2D eigenvalue weighted by molar-refractivity contribution is -0.142. The van der Waals surface area contributed by atoms with Gasteiger partial charge < -0.3 is 19.7 Å². The van der Waals surface area contributed by atoms with Crippen LogP contribution in [0.1, 0.15) is 59.9 Å². The van der Waals surface area contributed by atoms with Gasteiger partial charge in [0.05, 0.1) is 12.2 Å². The Morgan fingerprint density at radius 1 is 1.30 bits per heavy atom. The van der Waals surface area contributed by atoms with Crippen molar-refractivity contribution in [1.82, 2.24) is 9.88 Å². The van der Waals surface area contributed by atoms with E-state index in [4.69, 9.17) is 9.84 Å². The molecule has 0 aromatic carbocycles. The molecule has 1 aliphatic rings. The van der Waals surface area contributed by atoms with Crippen LogP contribution in [0, 0.1) is 13.8 Å². The van der Waals surface area contributed by atoms with E-state index in [2.05, 4.69) is 9.88 Å². The summed E-state index contributed by atoms with van der Waals surface area (Å²) < 4.78 is 7.22. The summed E-state index contributed by atoms with van der Waals surface area (Å²) in [6.45, 7) is 4.20. The van der Waals surface area contributed by atoms with Crippen LogP contribution in [0.15, 0.2) is 6.07 Å². The predicted octanol–water partition coefficient (Wildman–Crippen LogP) is 2.44. The number of carboxylic acid groups (broad SMARTS) is 1. The SMILES string of the molecule is Cc1cc(C(=O)NCCOCC(=O)O)c(C)n1C1CCCCC1. The van der Waals surface area contributed by atoms with Crippen LogP contribution in [0.5, 0.6) is 0 Å². The van der Waals surface area contributed by atoms with Gasteiger partial charge in [0, 0.05) is 24.0 Å². The van der Waals surface area contributed by atoms with Gasteiger partial charge in [-0.15, -0.1) is 0 Å². The minimum Gasteiger partial charge on any atom is -0.480 e. The molecule has 1 aliphatic carbocycles. The van der Waals surface area contributed by atoms with Gasteiger partial charge in [0.2, 0.25) is 0 Å². The number of nitrogens with one attached hydrogen (secondary N) is 1. The monoisotopic (exact) mass is 322 g/mol. The van der Waals surface area contributed by atoms with Crippen LogP contribution in [-0.4, -0.2) is 41.3 Å². The number of hydrogen-bond acceptors (Lipinski definition) is 3. The number of carbonyl (C=O) groups excluding carboxylic acids is 1. The number of rotatable bonds is 7. The van der Waals surface area contributed by atoms with Crippen LogP contribution in [0.25, 0.3) is 0 Å². The van der Waals surface area contributed by atoms with Crippen molar-refractivity contribution in [3.8, 4) is 0 Å². The quantitative estimate of drug-likeness (QED) is 0.756. The van der Waals surface area contributed by atoms with Gasteiger partial charge in [-0.2, -0.15) is 0 Å². The Kier molecular flexibility index (Phi) is 6.21. The van der Waals surface area contributed by atoms with Crippen LogP contribution in [0.4, 0.5) is 0 Å². The maximum atomic E-state index is 12.3. The molecule has 1 aromatic rings. The fraction of sp³-hybridized carbons (Fsp3) is 0.647. The third-order valence-corrected chi connectivity index (χ3v) is 4.43. The fourth-order valence-corrected chi connectivity index (χ4v) is 3.40. The average Bonchev–Trinajstić information content (AvgIpc) is 2.82. The highest BCUT2D eigenvalue weighted by Crippen LogP contribution is 2.32. The van der Waals surface area contributed by atoms with Gasteiger partial charge >= 0.3 is 5.97 Å². The van der Waals surface area contributed by atoms with Crippen molar-refractivity contribution in [3.05, 3.63) is 23.0 Å². The topological polar surface area (TPSA) is 80.6 Å². The molecular weight excluding hydrogens is 296 g/mol. The van der Waals surface area contributed by atoms with E-state index in [0.29, 0.717) is 18.2 Å². The molecular formula is C17H26N2O4. The summed E-state index contributed by atoms with van der Waals surface area (Å²) in [6, 6.07) is 2.45. The lowest BCUT2D eigenvalue weighted by Gasteiger charge is -2.26. The molecule has 1 aromatic heterocycles. The van der Waals surface area contributed by atoms with Gasteiger partial charge in [-0.1, -0.05) is 19.3 Å². The number of aliphatic carboxylic acids is 1. The molecule has 23 heavy (non-hydrogen) atoms. The second-order valence-electron chi connectivity index (χ2n) is 6.15. The Balaban J connectivity index is 1.94. The van der Waals surface area contributed by atoms with Crippen molar-refractivity contribution in [2.45, 2.75) is 52.0 Å². The fourth-order valence-electron chi connectivity index (χ4n) is 3.40. The van der Waals surface area contributed by atoms with E-state index in [1.807, 2.05) is 19.9 Å². The second kappa shape index (κ2) is 8.15. The van der Waals surface area contributed by atoms with E-state index in [9.17, 15) is 9.59 Å². The molecule has 1 amide bonds. The molecule has 0 unspecified atom stereocenters. The summed E-state index contributed by atoms with van der Waals surface area (Å²) in [7, 11) is 0. The lowest BCUT2D eigenvalue weighted by atomic mass is 9.95. The largest absolute Gasteiger partial charge is 0.480 e. The van der Waals surface area contributed by atoms with Gasteiger partial charge in [0.25, 0.3) is 5.91 Å². The summed E-state index contributed by atoms with van der Waals surface area (Å²) in [5.74, 6) is -1.13. The van der Waals surface area contributed by atoms with Gasteiger partial charge in [-0.05, 0) is 32.8 Å².